The van der Waals surface area contributed by atoms with Gasteiger partial charge in [0.15, 0.2) is 5.15 Å². The summed E-state index contributed by atoms with van der Waals surface area (Å²) < 4.78 is 20.4. The molecule has 2 fully saturated rings. The number of aromatic nitrogens is 5. The molecule has 0 radical (unpaired) electrons. The largest absolute Gasteiger partial charge is 0.424 e. The Morgan fingerprint density at radius 3 is 2.69 bits per heavy atom. The van der Waals surface area contributed by atoms with Gasteiger partial charge in [-0.05, 0) is 42.9 Å². The minimum Gasteiger partial charge on any atom is -0.424 e. The monoisotopic (exact) mass is 477 g/mol. The van der Waals surface area contributed by atoms with Crippen LogP contribution in [0.3, 0.4) is 0 Å². The fourth-order valence-corrected chi connectivity index (χ4v) is 4.98. The quantitative estimate of drug-likeness (QED) is 0.537. The Kier molecular flexibility index (Phi) is 6.01. The van der Waals surface area contributed by atoms with Crippen LogP contribution in [-0.4, -0.2) is 50.8 Å². The lowest BCUT2D eigenvalue weighted by molar-refractivity contribution is 0.363. The van der Waals surface area contributed by atoms with Crippen LogP contribution >= 0.6 is 23.2 Å². The Labute approximate surface area is 194 Å². The van der Waals surface area contributed by atoms with Gasteiger partial charge in [-0.15, -0.1) is 10.2 Å². The summed E-state index contributed by atoms with van der Waals surface area (Å²) in [5, 5.41) is 16.7. The summed E-state index contributed by atoms with van der Waals surface area (Å²) >= 11 is 12.1. The molecule has 32 heavy (non-hydrogen) atoms. The van der Waals surface area contributed by atoms with Gasteiger partial charge in [-0.1, -0.05) is 29.3 Å². The normalized spacial score (nSPS) is 22.2. The van der Waals surface area contributed by atoms with Gasteiger partial charge >= 0.3 is 6.01 Å². The molecular weight excluding hydrogens is 456 g/mol. The minimum absolute atomic E-state index is 0.0612. The van der Waals surface area contributed by atoms with E-state index in [-0.39, 0.29) is 18.6 Å². The maximum atomic E-state index is 13.1. The second-order valence-corrected chi connectivity index (χ2v) is 8.92. The first-order valence-corrected chi connectivity index (χ1v) is 11.3. The number of hydrogen-bond acceptors (Lipinski definition) is 7. The molecule has 3 atom stereocenters. The number of nitrogens with zero attached hydrogens (tertiary/aromatic N) is 6. The molecule has 1 N–H and O–H groups in total. The molecule has 2 aromatic heterocycles. The van der Waals surface area contributed by atoms with Crippen LogP contribution in [0.4, 0.5) is 16.0 Å². The van der Waals surface area contributed by atoms with E-state index in [0.29, 0.717) is 33.7 Å². The predicted octanol–water partition coefficient (Wildman–Crippen LogP) is 4.46. The highest BCUT2D eigenvalue weighted by Crippen LogP contribution is 2.40. The molecule has 0 spiro atoms. The number of alkyl halides is 1. The highest BCUT2D eigenvalue weighted by molar-refractivity contribution is 6.30. The number of piperidine rings is 1. The molecule has 8 nitrogen and oxygen atoms in total. The summed E-state index contributed by atoms with van der Waals surface area (Å²) in [6.45, 7) is 1.26. The van der Waals surface area contributed by atoms with E-state index >= 15 is 0 Å². The van der Waals surface area contributed by atoms with Crippen molar-refractivity contribution < 1.29 is 9.13 Å². The number of nitrogens with one attached hydrogen (secondary N) is 1. The van der Waals surface area contributed by atoms with Crippen molar-refractivity contribution >= 4 is 34.8 Å². The zero-order valence-corrected chi connectivity index (χ0v) is 18.7. The number of halogens is 3. The van der Waals surface area contributed by atoms with Gasteiger partial charge < -0.3 is 15.0 Å². The van der Waals surface area contributed by atoms with Crippen LogP contribution in [0, 0.1) is 11.8 Å². The van der Waals surface area contributed by atoms with Gasteiger partial charge in [-0.25, -0.2) is 9.07 Å². The lowest BCUT2D eigenvalue weighted by atomic mass is 9.92. The Balaban J connectivity index is 1.31. The predicted molar refractivity (Wildman–Crippen MR) is 120 cm³/mol. The number of anilines is 2. The van der Waals surface area contributed by atoms with Gasteiger partial charge in [-0.3, -0.25) is 0 Å². The average molecular weight is 478 g/mol. The van der Waals surface area contributed by atoms with E-state index < -0.39 is 6.67 Å². The molecule has 1 aliphatic carbocycles. The van der Waals surface area contributed by atoms with Crippen LogP contribution in [0.15, 0.2) is 36.5 Å². The van der Waals surface area contributed by atoms with E-state index in [1.165, 1.54) is 4.68 Å². The highest BCUT2D eigenvalue weighted by Gasteiger charge is 2.42. The molecule has 11 heteroatoms. The van der Waals surface area contributed by atoms with Crippen LogP contribution < -0.4 is 15.0 Å². The van der Waals surface area contributed by atoms with Crippen molar-refractivity contribution in [3.05, 3.63) is 46.7 Å². The first-order chi connectivity index (χ1) is 15.6. The lowest BCUT2D eigenvalue weighted by Gasteiger charge is -2.39. The molecule has 2 bridgehead atoms. The van der Waals surface area contributed by atoms with Crippen molar-refractivity contribution in [2.45, 2.75) is 25.4 Å². The second kappa shape index (κ2) is 9.07. The molecule has 2 aliphatic rings. The second-order valence-electron chi connectivity index (χ2n) is 8.10. The van der Waals surface area contributed by atoms with Crippen molar-refractivity contribution in [2.24, 2.45) is 11.8 Å². The van der Waals surface area contributed by atoms with E-state index in [1.807, 2.05) is 6.07 Å². The van der Waals surface area contributed by atoms with Crippen molar-refractivity contribution in [1.29, 1.82) is 0 Å². The SMILES string of the molecule is FCCn1nc(N[C@@H]2[C@@H]3CC[C@H]2CN(c2cnnc(Cl)c2)C3)nc1Oc1cccc(Cl)c1. The smallest absolute Gasteiger partial charge is 0.322 e. The van der Waals surface area contributed by atoms with E-state index in [4.69, 9.17) is 27.9 Å². The summed E-state index contributed by atoms with van der Waals surface area (Å²) in [6, 6.07) is 9.30. The van der Waals surface area contributed by atoms with Crippen molar-refractivity contribution in [3.8, 4) is 11.8 Å². The van der Waals surface area contributed by atoms with Crippen LogP contribution in [-0.2, 0) is 6.54 Å². The third-order valence-corrected chi connectivity index (χ3v) is 6.46. The summed E-state index contributed by atoms with van der Waals surface area (Å²) in [5.74, 6) is 1.81. The van der Waals surface area contributed by atoms with Crippen LogP contribution in [0.5, 0.6) is 11.8 Å². The van der Waals surface area contributed by atoms with Crippen LogP contribution in [0.1, 0.15) is 12.8 Å². The molecule has 1 aromatic carbocycles. The molecule has 1 saturated heterocycles. The van der Waals surface area contributed by atoms with Crippen LogP contribution in [0.25, 0.3) is 0 Å². The molecule has 3 aromatic rings. The highest BCUT2D eigenvalue weighted by atomic mass is 35.5. The van der Waals surface area contributed by atoms with Crippen molar-refractivity contribution in [2.75, 3.05) is 30.0 Å². The number of benzene rings is 1. The zero-order chi connectivity index (χ0) is 22.1. The maximum absolute atomic E-state index is 13.1. The maximum Gasteiger partial charge on any atom is 0.322 e. The zero-order valence-electron chi connectivity index (χ0n) is 17.2. The first kappa shape index (κ1) is 21.2. The fraction of sp³-hybridized carbons (Fsp3) is 0.429. The van der Waals surface area contributed by atoms with Crippen molar-refractivity contribution in [1.82, 2.24) is 25.0 Å². The molecule has 0 unspecified atom stereocenters. The number of fused-ring (bicyclic) bond motifs is 2. The van der Waals surface area contributed by atoms with Gasteiger partial charge in [0.2, 0.25) is 5.95 Å². The molecule has 1 aliphatic heterocycles. The molecule has 5 rings (SSSR count). The van der Waals surface area contributed by atoms with Gasteiger partial charge in [-0.2, -0.15) is 10.1 Å². The molecule has 1 saturated carbocycles. The number of ether oxygens (including phenoxy) is 1. The van der Waals surface area contributed by atoms with E-state index in [9.17, 15) is 4.39 Å². The molecule has 168 valence electrons. The van der Waals surface area contributed by atoms with E-state index in [2.05, 4.69) is 30.5 Å². The summed E-state index contributed by atoms with van der Waals surface area (Å²) in [7, 11) is 0. The Morgan fingerprint density at radius 1 is 1.16 bits per heavy atom. The summed E-state index contributed by atoms with van der Waals surface area (Å²) in [4.78, 5) is 6.80. The van der Waals surface area contributed by atoms with Crippen LogP contribution in [0.2, 0.25) is 10.2 Å². The number of rotatable bonds is 7. The topological polar surface area (TPSA) is 81.0 Å². The minimum atomic E-state index is -0.569. The molecule has 3 heterocycles. The Hall–Kier alpha value is -2.65. The summed E-state index contributed by atoms with van der Waals surface area (Å²) in [5.41, 5.74) is 0.989. The molecular formula is C21H22Cl2FN7O. The lowest BCUT2D eigenvalue weighted by Crippen LogP contribution is -2.48. The number of hydrogen-bond donors (Lipinski definition) is 1. The van der Waals surface area contributed by atoms with E-state index in [0.717, 1.165) is 31.6 Å². The summed E-state index contributed by atoms with van der Waals surface area (Å²) in [6.07, 6.45) is 3.98. The third-order valence-electron chi connectivity index (χ3n) is 6.04. The van der Waals surface area contributed by atoms with E-state index in [1.54, 1.807) is 30.5 Å². The first-order valence-electron chi connectivity index (χ1n) is 10.5. The van der Waals surface area contributed by atoms with Crippen molar-refractivity contribution in [3.63, 3.8) is 0 Å². The fourth-order valence-electron chi connectivity index (χ4n) is 4.65. The number of aryl methyl sites for hydroxylation is 1. The Morgan fingerprint density at radius 2 is 1.97 bits per heavy atom. The Bertz CT molecular complexity index is 1080. The van der Waals surface area contributed by atoms with Gasteiger partial charge in [0, 0.05) is 30.2 Å². The average Bonchev–Trinajstić information content (AvgIpc) is 3.23. The van der Waals surface area contributed by atoms with Gasteiger partial charge in [0.05, 0.1) is 18.4 Å². The van der Waals surface area contributed by atoms with Gasteiger partial charge in [0.25, 0.3) is 0 Å². The third kappa shape index (κ3) is 4.45. The van der Waals surface area contributed by atoms with Gasteiger partial charge in [0.1, 0.15) is 12.4 Å². The molecule has 0 amide bonds. The standard InChI is InChI=1S/C21H22Cl2FN7O/c22-15-2-1-3-17(8-15)32-21-27-20(29-31(21)7-6-24)26-19-13-4-5-14(19)12-30(11-13)16-9-18(23)28-25-10-16/h1-3,8-10,13-14,19H,4-7,11-12H2,(H,26,29)/t13-,14+,19-.